The first-order valence-corrected chi connectivity index (χ1v) is 13.0. The fraction of sp³-hybridized carbons (Fsp3) is 0.114. The van der Waals surface area contributed by atoms with E-state index in [4.69, 9.17) is 15.0 Å². The van der Waals surface area contributed by atoms with Crippen LogP contribution in [0.25, 0.3) is 45.0 Å². The third-order valence-electron chi connectivity index (χ3n) is 6.62. The number of nitrogens with zero attached hydrogens (tertiary/aromatic N) is 3. The minimum atomic E-state index is 0.0278. The second-order valence-corrected chi connectivity index (χ2v) is 9.41. The van der Waals surface area contributed by atoms with Gasteiger partial charge in [0, 0.05) is 17.0 Å². The molecule has 0 bridgehead atoms. The number of allylic oxidation sites excluding steroid dienone is 4. The van der Waals surface area contributed by atoms with Crippen molar-refractivity contribution in [3.63, 3.8) is 0 Å². The number of rotatable bonds is 7. The SMILES string of the molecule is C/C=C(C)\C=C/C(C)c1nc(-c2cccc(-c3ccccc3)c2)nc(-c2cccc(-c3ccccc3)c2)n1. The molecule has 5 aromatic rings. The summed E-state index contributed by atoms with van der Waals surface area (Å²) >= 11 is 0. The van der Waals surface area contributed by atoms with Gasteiger partial charge in [0.25, 0.3) is 0 Å². The Morgan fingerprint density at radius 2 is 1.03 bits per heavy atom. The average molecular weight is 494 g/mol. The van der Waals surface area contributed by atoms with E-state index in [0.717, 1.165) is 39.2 Å². The van der Waals surface area contributed by atoms with Crippen LogP contribution < -0.4 is 0 Å². The maximum Gasteiger partial charge on any atom is 0.163 e. The van der Waals surface area contributed by atoms with Gasteiger partial charge >= 0.3 is 0 Å². The Bertz CT molecular complexity index is 1480. The van der Waals surface area contributed by atoms with Crippen molar-refractivity contribution >= 4 is 0 Å². The molecule has 0 amide bonds. The Kier molecular flexibility index (Phi) is 7.65. The van der Waals surface area contributed by atoms with Crippen LogP contribution in [-0.4, -0.2) is 15.0 Å². The second-order valence-electron chi connectivity index (χ2n) is 9.41. The molecular formula is C35H31N3. The lowest BCUT2D eigenvalue weighted by atomic mass is 10.0. The molecule has 0 aliphatic rings. The minimum Gasteiger partial charge on any atom is -0.212 e. The molecule has 0 radical (unpaired) electrons. The monoisotopic (exact) mass is 493 g/mol. The van der Waals surface area contributed by atoms with Crippen LogP contribution in [0.15, 0.2) is 133 Å². The molecule has 1 aromatic heterocycles. The molecule has 38 heavy (non-hydrogen) atoms. The molecule has 0 aliphatic heterocycles. The molecule has 0 saturated carbocycles. The van der Waals surface area contributed by atoms with Crippen molar-refractivity contribution in [2.75, 3.05) is 0 Å². The molecule has 3 nitrogen and oxygen atoms in total. The van der Waals surface area contributed by atoms with Crippen LogP contribution in [0.3, 0.4) is 0 Å². The molecule has 1 heterocycles. The third kappa shape index (κ3) is 5.84. The summed E-state index contributed by atoms with van der Waals surface area (Å²) < 4.78 is 0. The summed E-state index contributed by atoms with van der Waals surface area (Å²) in [4.78, 5) is 14.9. The largest absolute Gasteiger partial charge is 0.212 e. The standard InChI is InChI=1S/C35H31N3/c1-4-25(2)21-22-26(3)33-36-34(31-19-11-17-29(23-31)27-13-7-5-8-14-27)38-35(37-33)32-20-12-18-30(24-32)28-15-9-6-10-16-28/h4-24,26H,1-3H3/b22-21-,25-4-. The zero-order chi connectivity index (χ0) is 26.3. The lowest BCUT2D eigenvalue weighted by Gasteiger charge is -2.12. The van der Waals surface area contributed by atoms with Gasteiger partial charge in [-0.05, 0) is 48.2 Å². The Hall–Kier alpha value is -4.63. The minimum absolute atomic E-state index is 0.0278. The Morgan fingerprint density at radius 3 is 1.50 bits per heavy atom. The van der Waals surface area contributed by atoms with Crippen molar-refractivity contribution in [1.29, 1.82) is 0 Å². The highest BCUT2D eigenvalue weighted by Gasteiger charge is 2.15. The van der Waals surface area contributed by atoms with E-state index < -0.39 is 0 Å². The molecule has 0 saturated heterocycles. The van der Waals surface area contributed by atoms with Gasteiger partial charge in [0.2, 0.25) is 0 Å². The Labute approximate surface area is 225 Å². The van der Waals surface area contributed by atoms with Crippen LogP contribution in [0.1, 0.15) is 32.5 Å². The maximum absolute atomic E-state index is 4.98. The van der Waals surface area contributed by atoms with Crippen LogP contribution in [0.4, 0.5) is 0 Å². The Morgan fingerprint density at radius 1 is 0.579 bits per heavy atom. The van der Waals surface area contributed by atoms with Gasteiger partial charge in [0.05, 0.1) is 0 Å². The normalized spacial score (nSPS) is 12.6. The van der Waals surface area contributed by atoms with E-state index >= 15 is 0 Å². The highest BCUT2D eigenvalue weighted by molar-refractivity contribution is 5.73. The fourth-order valence-electron chi connectivity index (χ4n) is 4.27. The van der Waals surface area contributed by atoms with Crippen molar-refractivity contribution < 1.29 is 0 Å². The summed E-state index contributed by atoms with van der Waals surface area (Å²) in [7, 11) is 0. The Balaban J connectivity index is 1.62. The van der Waals surface area contributed by atoms with E-state index in [0.29, 0.717) is 11.6 Å². The summed E-state index contributed by atoms with van der Waals surface area (Å²) in [5.74, 6) is 2.13. The van der Waals surface area contributed by atoms with E-state index in [1.54, 1.807) is 0 Å². The quantitative estimate of drug-likeness (QED) is 0.212. The number of hydrogen-bond acceptors (Lipinski definition) is 3. The van der Waals surface area contributed by atoms with Gasteiger partial charge in [0.15, 0.2) is 11.6 Å². The zero-order valence-corrected chi connectivity index (χ0v) is 22.0. The number of aromatic nitrogens is 3. The van der Waals surface area contributed by atoms with Crippen LogP contribution in [0.5, 0.6) is 0 Å². The third-order valence-corrected chi connectivity index (χ3v) is 6.62. The topological polar surface area (TPSA) is 38.7 Å². The van der Waals surface area contributed by atoms with Crippen molar-refractivity contribution in [3.05, 3.63) is 139 Å². The average Bonchev–Trinajstić information content (AvgIpc) is 3.00. The first kappa shape index (κ1) is 25.0. The van der Waals surface area contributed by atoms with E-state index in [9.17, 15) is 0 Å². The van der Waals surface area contributed by atoms with Gasteiger partial charge in [-0.25, -0.2) is 15.0 Å². The number of benzene rings is 4. The van der Waals surface area contributed by atoms with Gasteiger partial charge in [-0.2, -0.15) is 0 Å². The van der Waals surface area contributed by atoms with Crippen molar-refractivity contribution in [3.8, 4) is 45.0 Å². The van der Waals surface area contributed by atoms with Crippen LogP contribution in [0.2, 0.25) is 0 Å². The molecule has 0 N–H and O–H groups in total. The molecule has 1 atom stereocenters. The predicted molar refractivity (Wildman–Crippen MR) is 159 cm³/mol. The molecule has 1 unspecified atom stereocenters. The lowest BCUT2D eigenvalue weighted by Crippen LogP contribution is -2.05. The van der Waals surface area contributed by atoms with Crippen LogP contribution in [-0.2, 0) is 0 Å². The summed E-state index contributed by atoms with van der Waals surface area (Å²) in [5, 5.41) is 0. The molecule has 0 aliphatic carbocycles. The molecular weight excluding hydrogens is 462 g/mol. The second kappa shape index (κ2) is 11.6. The van der Waals surface area contributed by atoms with Crippen molar-refractivity contribution in [1.82, 2.24) is 15.0 Å². The molecule has 4 aromatic carbocycles. The molecule has 3 heteroatoms. The van der Waals surface area contributed by atoms with Gasteiger partial charge in [0.1, 0.15) is 5.82 Å². The predicted octanol–water partition coefficient (Wildman–Crippen LogP) is 9.17. The van der Waals surface area contributed by atoms with Gasteiger partial charge < -0.3 is 0 Å². The van der Waals surface area contributed by atoms with E-state index in [2.05, 4.69) is 129 Å². The molecule has 186 valence electrons. The molecule has 5 rings (SSSR count). The lowest BCUT2D eigenvalue weighted by molar-refractivity contribution is 0.827. The van der Waals surface area contributed by atoms with E-state index in [1.807, 2.05) is 19.1 Å². The highest BCUT2D eigenvalue weighted by atomic mass is 15.0. The molecule has 0 spiro atoms. The van der Waals surface area contributed by atoms with Crippen LogP contribution >= 0.6 is 0 Å². The summed E-state index contributed by atoms with van der Waals surface area (Å²) in [6.45, 7) is 6.27. The van der Waals surface area contributed by atoms with E-state index in [-0.39, 0.29) is 5.92 Å². The van der Waals surface area contributed by atoms with Crippen LogP contribution in [0, 0.1) is 0 Å². The summed E-state index contributed by atoms with van der Waals surface area (Å²) in [5.41, 5.74) is 7.74. The van der Waals surface area contributed by atoms with Gasteiger partial charge in [-0.1, -0.05) is 128 Å². The highest BCUT2D eigenvalue weighted by Crippen LogP contribution is 2.29. The van der Waals surface area contributed by atoms with Crippen molar-refractivity contribution in [2.45, 2.75) is 26.7 Å². The first-order valence-electron chi connectivity index (χ1n) is 13.0. The zero-order valence-electron chi connectivity index (χ0n) is 22.0. The van der Waals surface area contributed by atoms with E-state index in [1.165, 1.54) is 5.57 Å². The smallest absolute Gasteiger partial charge is 0.163 e. The maximum atomic E-state index is 4.98. The first-order chi connectivity index (χ1) is 18.6. The van der Waals surface area contributed by atoms with Gasteiger partial charge in [-0.3, -0.25) is 0 Å². The fourth-order valence-corrected chi connectivity index (χ4v) is 4.27. The van der Waals surface area contributed by atoms with Crippen molar-refractivity contribution in [2.24, 2.45) is 0 Å². The van der Waals surface area contributed by atoms with Gasteiger partial charge in [-0.15, -0.1) is 0 Å². The number of hydrogen-bond donors (Lipinski definition) is 0. The summed E-state index contributed by atoms with van der Waals surface area (Å²) in [6.07, 6.45) is 6.37. The summed E-state index contributed by atoms with van der Waals surface area (Å²) in [6, 6.07) is 37.6. The molecule has 0 fully saturated rings.